The van der Waals surface area contributed by atoms with Gasteiger partial charge in [0.25, 0.3) is 0 Å². The maximum absolute atomic E-state index is 10.9. The molecule has 0 aromatic heterocycles. The van der Waals surface area contributed by atoms with E-state index < -0.39 is 17.8 Å². The fraction of sp³-hybridized carbons (Fsp3) is 0.571. The second-order valence-electron chi connectivity index (χ2n) is 2.46. The van der Waals surface area contributed by atoms with Gasteiger partial charge in [0.05, 0.1) is 0 Å². The van der Waals surface area contributed by atoms with Crippen LogP contribution in [0.5, 0.6) is 0 Å². The normalized spacial score (nSPS) is 9.21. The van der Waals surface area contributed by atoms with E-state index in [2.05, 4.69) is 5.32 Å². The summed E-state index contributed by atoms with van der Waals surface area (Å²) >= 11 is 5.27. The predicted octanol–water partition coefficient (Wildman–Crippen LogP) is -0.684. The van der Waals surface area contributed by atoms with Crippen LogP contribution in [-0.2, 0) is 9.59 Å². The number of halogens is 1. The Labute approximate surface area is 86.2 Å². The van der Waals surface area contributed by atoms with Gasteiger partial charge in [0.15, 0.2) is 0 Å². The number of amides is 4. The summed E-state index contributed by atoms with van der Waals surface area (Å²) in [6.45, 7) is 0.106. The summed E-state index contributed by atoms with van der Waals surface area (Å²) in [4.78, 5) is 31.9. The van der Waals surface area contributed by atoms with Gasteiger partial charge in [-0.2, -0.15) is 0 Å². The zero-order valence-electron chi connectivity index (χ0n) is 7.51. The summed E-state index contributed by atoms with van der Waals surface area (Å²) in [7, 11) is 0. The van der Waals surface area contributed by atoms with E-state index in [9.17, 15) is 14.4 Å². The van der Waals surface area contributed by atoms with Crippen molar-refractivity contribution in [1.29, 1.82) is 0 Å². The van der Waals surface area contributed by atoms with Crippen molar-refractivity contribution in [2.75, 3.05) is 12.4 Å². The monoisotopic (exact) mass is 221 g/mol. The molecule has 7 heteroatoms. The summed E-state index contributed by atoms with van der Waals surface area (Å²) in [5.41, 5.74) is 4.83. The summed E-state index contributed by atoms with van der Waals surface area (Å²) in [5.74, 6) is -0.825. The Bertz CT molecular complexity index is 232. The first-order valence-electron chi connectivity index (χ1n) is 3.98. The van der Waals surface area contributed by atoms with Crippen LogP contribution >= 0.6 is 11.6 Å². The van der Waals surface area contributed by atoms with Crippen molar-refractivity contribution in [2.45, 2.75) is 12.8 Å². The smallest absolute Gasteiger partial charge is 0.321 e. The first-order chi connectivity index (χ1) is 6.56. The molecular weight excluding hydrogens is 210 g/mol. The fourth-order valence-electron chi connectivity index (χ4n) is 0.618. The number of nitrogens with two attached hydrogens (primary N) is 1. The van der Waals surface area contributed by atoms with Crippen LogP contribution in [0.25, 0.3) is 0 Å². The highest BCUT2D eigenvalue weighted by molar-refractivity contribution is 6.19. The summed E-state index contributed by atoms with van der Waals surface area (Å²) in [5, 5.41) is 4.32. The van der Waals surface area contributed by atoms with Crippen LogP contribution in [0.4, 0.5) is 4.79 Å². The first kappa shape index (κ1) is 12.7. The van der Waals surface area contributed by atoms with Crippen LogP contribution in [0, 0.1) is 0 Å². The maximum Gasteiger partial charge on any atom is 0.321 e. The molecule has 0 fully saturated rings. The largest absolute Gasteiger partial charge is 0.370 e. The van der Waals surface area contributed by atoms with Crippen molar-refractivity contribution >= 4 is 29.4 Å². The molecule has 0 rings (SSSR count). The molecule has 14 heavy (non-hydrogen) atoms. The molecule has 0 aromatic carbocycles. The minimum absolute atomic E-state index is 0.0388. The van der Waals surface area contributed by atoms with Crippen LogP contribution in [0.2, 0.25) is 0 Å². The van der Waals surface area contributed by atoms with Gasteiger partial charge in [-0.25, -0.2) is 4.79 Å². The fourth-order valence-corrected chi connectivity index (χ4v) is 0.790. The minimum atomic E-state index is -0.652. The molecule has 0 saturated carbocycles. The van der Waals surface area contributed by atoms with Crippen molar-refractivity contribution < 1.29 is 14.4 Å². The van der Waals surface area contributed by atoms with Gasteiger partial charge in [0.1, 0.15) is 0 Å². The zero-order chi connectivity index (χ0) is 11.0. The molecule has 0 atom stereocenters. The standard InChI is InChI=1S/C7H12ClN3O3/c8-3-1-6(13)11-7(14)10-4-2-5(9)12/h1-4H2,(H2,9,12)(H2,10,11,13,14). The molecular formula is C7H12ClN3O3. The molecule has 4 N–H and O–H groups in total. The lowest BCUT2D eigenvalue weighted by atomic mass is 10.4. The number of hydrogen-bond acceptors (Lipinski definition) is 3. The van der Waals surface area contributed by atoms with Crippen LogP contribution in [0.1, 0.15) is 12.8 Å². The summed E-state index contributed by atoms with van der Waals surface area (Å²) < 4.78 is 0. The average molecular weight is 222 g/mol. The number of carbonyl (C=O) groups is 3. The molecule has 0 bridgehead atoms. The number of urea groups is 1. The summed E-state index contributed by atoms with van der Waals surface area (Å²) in [6, 6.07) is -0.652. The van der Waals surface area contributed by atoms with E-state index >= 15 is 0 Å². The van der Waals surface area contributed by atoms with Crippen LogP contribution < -0.4 is 16.4 Å². The molecule has 80 valence electrons. The SMILES string of the molecule is NC(=O)CCNC(=O)NC(=O)CCCl. The third kappa shape index (κ3) is 7.35. The van der Waals surface area contributed by atoms with Crippen LogP contribution in [0.3, 0.4) is 0 Å². The average Bonchev–Trinajstić information content (AvgIpc) is 2.03. The number of imide groups is 1. The van der Waals surface area contributed by atoms with E-state index in [1.54, 1.807) is 0 Å². The Morgan fingerprint density at radius 2 is 1.86 bits per heavy atom. The van der Waals surface area contributed by atoms with Gasteiger partial charge in [-0.3, -0.25) is 14.9 Å². The molecule has 0 radical (unpaired) electrons. The van der Waals surface area contributed by atoms with Crippen molar-refractivity contribution in [2.24, 2.45) is 5.73 Å². The molecule has 0 aliphatic carbocycles. The molecule has 4 amide bonds. The van der Waals surface area contributed by atoms with E-state index in [1.807, 2.05) is 5.32 Å². The molecule has 0 aliphatic rings. The van der Waals surface area contributed by atoms with Gasteiger partial charge < -0.3 is 11.1 Å². The van der Waals surface area contributed by atoms with Crippen LogP contribution in [0.15, 0.2) is 0 Å². The van der Waals surface area contributed by atoms with Crippen molar-refractivity contribution in [3.63, 3.8) is 0 Å². The van der Waals surface area contributed by atoms with E-state index in [0.29, 0.717) is 0 Å². The Morgan fingerprint density at radius 3 is 2.36 bits per heavy atom. The maximum atomic E-state index is 10.9. The second kappa shape index (κ2) is 7.14. The van der Waals surface area contributed by atoms with Gasteiger partial charge in [-0.1, -0.05) is 0 Å². The minimum Gasteiger partial charge on any atom is -0.370 e. The van der Waals surface area contributed by atoms with Gasteiger partial charge in [0, 0.05) is 25.3 Å². The van der Waals surface area contributed by atoms with Crippen molar-refractivity contribution in [3.8, 4) is 0 Å². The van der Waals surface area contributed by atoms with E-state index in [1.165, 1.54) is 0 Å². The van der Waals surface area contributed by atoms with E-state index in [4.69, 9.17) is 17.3 Å². The number of primary amides is 1. The van der Waals surface area contributed by atoms with Gasteiger partial charge in [0.2, 0.25) is 11.8 Å². The van der Waals surface area contributed by atoms with E-state index in [-0.39, 0.29) is 25.3 Å². The van der Waals surface area contributed by atoms with Gasteiger partial charge in [-0.15, -0.1) is 11.6 Å². The quantitative estimate of drug-likeness (QED) is 0.536. The Hall–Kier alpha value is -1.30. The number of rotatable bonds is 5. The predicted molar refractivity (Wildman–Crippen MR) is 50.7 cm³/mol. The number of nitrogens with one attached hydrogen (secondary N) is 2. The van der Waals surface area contributed by atoms with Crippen molar-refractivity contribution in [1.82, 2.24) is 10.6 Å². The van der Waals surface area contributed by atoms with Crippen LogP contribution in [-0.4, -0.2) is 30.3 Å². The lowest BCUT2D eigenvalue weighted by Crippen LogP contribution is -2.40. The lowest BCUT2D eigenvalue weighted by molar-refractivity contribution is -0.119. The van der Waals surface area contributed by atoms with Gasteiger partial charge in [-0.05, 0) is 0 Å². The zero-order valence-corrected chi connectivity index (χ0v) is 8.26. The highest BCUT2D eigenvalue weighted by atomic mass is 35.5. The lowest BCUT2D eigenvalue weighted by Gasteiger charge is -2.04. The van der Waals surface area contributed by atoms with E-state index in [0.717, 1.165) is 0 Å². The second-order valence-corrected chi connectivity index (χ2v) is 2.84. The number of carbonyl (C=O) groups excluding carboxylic acids is 3. The topological polar surface area (TPSA) is 101 Å². The molecule has 6 nitrogen and oxygen atoms in total. The Kier molecular flexibility index (Phi) is 6.47. The van der Waals surface area contributed by atoms with Crippen molar-refractivity contribution in [3.05, 3.63) is 0 Å². The number of alkyl halides is 1. The molecule has 0 spiro atoms. The third-order valence-corrected chi connectivity index (χ3v) is 1.42. The number of hydrogen-bond donors (Lipinski definition) is 3. The Morgan fingerprint density at radius 1 is 1.21 bits per heavy atom. The highest BCUT2D eigenvalue weighted by Crippen LogP contribution is 1.83. The molecule has 0 aromatic rings. The Balaban J connectivity index is 3.55. The molecule has 0 unspecified atom stereocenters. The molecule has 0 saturated heterocycles. The highest BCUT2D eigenvalue weighted by Gasteiger charge is 2.05. The third-order valence-electron chi connectivity index (χ3n) is 1.23. The summed E-state index contributed by atoms with van der Waals surface area (Å²) in [6.07, 6.45) is 0.113. The van der Waals surface area contributed by atoms with Gasteiger partial charge >= 0.3 is 6.03 Å². The molecule has 0 heterocycles. The molecule has 0 aliphatic heterocycles. The first-order valence-corrected chi connectivity index (χ1v) is 4.51.